The number of methoxy groups -OCH3 is 1. The van der Waals surface area contributed by atoms with Crippen molar-refractivity contribution in [1.29, 1.82) is 0 Å². The Balaban J connectivity index is 2.07. The van der Waals surface area contributed by atoms with Gasteiger partial charge in [-0.15, -0.1) is 0 Å². The number of hydrogen-bond acceptors (Lipinski definition) is 3. The van der Waals surface area contributed by atoms with E-state index >= 15 is 0 Å². The smallest absolute Gasteiger partial charge is 0.170 e. The van der Waals surface area contributed by atoms with Gasteiger partial charge in [0, 0.05) is 10.9 Å². The Kier molecular flexibility index (Phi) is 4.27. The lowest BCUT2D eigenvalue weighted by atomic mass is 10.0. The number of phenolic OH excluding ortho intramolecular Hbond substituents is 1. The number of rotatable bonds is 6. The summed E-state index contributed by atoms with van der Waals surface area (Å²) >= 11 is 3.27. The van der Waals surface area contributed by atoms with E-state index in [0.717, 1.165) is 18.8 Å². The van der Waals surface area contributed by atoms with E-state index in [2.05, 4.69) is 15.9 Å². The fourth-order valence-electron chi connectivity index (χ4n) is 2.09. The summed E-state index contributed by atoms with van der Waals surface area (Å²) in [6.07, 6.45) is 5.09. The van der Waals surface area contributed by atoms with Crippen molar-refractivity contribution >= 4 is 21.7 Å². The Morgan fingerprint density at radius 1 is 1.50 bits per heavy atom. The molecule has 98 valence electrons. The molecular weight excluding hydrogens is 296 g/mol. The van der Waals surface area contributed by atoms with Crippen LogP contribution in [0, 0.1) is 5.92 Å². The first kappa shape index (κ1) is 13.4. The van der Waals surface area contributed by atoms with Crippen LogP contribution in [0.25, 0.3) is 0 Å². The second-order valence-corrected chi connectivity index (χ2v) is 5.68. The van der Waals surface area contributed by atoms with Crippen LogP contribution in [0.3, 0.4) is 0 Å². The van der Waals surface area contributed by atoms with Crippen LogP contribution >= 0.6 is 15.9 Å². The van der Waals surface area contributed by atoms with E-state index in [1.165, 1.54) is 26.0 Å². The molecule has 18 heavy (non-hydrogen) atoms. The molecule has 1 aromatic carbocycles. The first-order valence-corrected chi connectivity index (χ1v) is 7.01. The Labute approximate surface area is 115 Å². The van der Waals surface area contributed by atoms with E-state index < -0.39 is 0 Å². The van der Waals surface area contributed by atoms with Crippen molar-refractivity contribution in [3.05, 3.63) is 22.2 Å². The predicted molar refractivity (Wildman–Crippen MR) is 73.3 cm³/mol. The van der Waals surface area contributed by atoms with Gasteiger partial charge in [-0.2, -0.15) is 0 Å². The van der Waals surface area contributed by atoms with Gasteiger partial charge in [-0.25, -0.2) is 0 Å². The van der Waals surface area contributed by atoms with Crippen molar-refractivity contribution in [3.63, 3.8) is 0 Å². The summed E-state index contributed by atoms with van der Waals surface area (Å²) < 4.78 is 5.86. The van der Waals surface area contributed by atoms with Crippen molar-refractivity contribution in [2.24, 2.45) is 5.92 Å². The molecule has 1 aromatic rings. The molecule has 0 saturated heterocycles. The minimum Gasteiger partial charge on any atom is -0.507 e. The van der Waals surface area contributed by atoms with Crippen LogP contribution < -0.4 is 4.74 Å². The Bertz CT molecular complexity index is 453. The fourth-order valence-corrected chi connectivity index (χ4v) is 2.52. The topological polar surface area (TPSA) is 46.5 Å². The molecule has 1 aliphatic carbocycles. The zero-order chi connectivity index (χ0) is 13.1. The zero-order valence-electron chi connectivity index (χ0n) is 10.4. The largest absolute Gasteiger partial charge is 0.507 e. The Morgan fingerprint density at radius 2 is 2.22 bits per heavy atom. The summed E-state index contributed by atoms with van der Waals surface area (Å²) in [5.41, 5.74) is 0.302. The van der Waals surface area contributed by atoms with Crippen LogP contribution in [0.5, 0.6) is 11.5 Å². The number of benzene rings is 1. The second-order valence-electron chi connectivity index (χ2n) is 4.76. The molecule has 2 rings (SSSR count). The van der Waals surface area contributed by atoms with Crippen LogP contribution in [0.4, 0.5) is 0 Å². The van der Waals surface area contributed by atoms with Gasteiger partial charge in [-0.3, -0.25) is 4.79 Å². The van der Waals surface area contributed by atoms with Gasteiger partial charge in [0.1, 0.15) is 17.1 Å². The molecule has 0 bridgehead atoms. The molecule has 4 heteroatoms. The quantitative estimate of drug-likeness (QED) is 0.810. The van der Waals surface area contributed by atoms with Crippen LogP contribution in [0.1, 0.15) is 42.5 Å². The molecule has 1 saturated carbocycles. The molecule has 1 N–H and O–H groups in total. The lowest BCUT2D eigenvalue weighted by Gasteiger charge is -2.10. The molecule has 3 nitrogen and oxygen atoms in total. The number of carbonyl (C=O) groups excluding carboxylic acids is 1. The summed E-state index contributed by atoms with van der Waals surface area (Å²) in [4.78, 5) is 12.1. The fraction of sp³-hybridized carbons (Fsp3) is 0.500. The van der Waals surface area contributed by atoms with Crippen molar-refractivity contribution < 1.29 is 14.6 Å². The van der Waals surface area contributed by atoms with Crippen LogP contribution in [0.2, 0.25) is 0 Å². The highest BCUT2D eigenvalue weighted by atomic mass is 79.9. The molecule has 0 aromatic heterocycles. The monoisotopic (exact) mass is 312 g/mol. The van der Waals surface area contributed by atoms with Gasteiger partial charge in [-0.05, 0) is 24.5 Å². The molecule has 0 unspecified atom stereocenters. The van der Waals surface area contributed by atoms with E-state index in [4.69, 9.17) is 4.74 Å². The van der Waals surface area contributed by atoms with E-state index in [1.807, 2.05) is 0 Å². The molecule has 0 heterocycles. The van der Waals surface area contributed by atoms with Gasteiger partial charge < -0.3 is 9.84 Å². The molecule has 0 atom stereocenters. The van der Waals surface area contributed by atoms with Crippen molar-refractivity contribution in [2.75, 3.05) is 7.11 Å². The number of ketones is 1. The Morgan fingerprint density at radius 3 is 2.83 bits per heavy atom. The molecule has 0 spiro atoms. The van der Waals surface area contributed by atoms with Gasteiger partial charge in [-0.1, -0.05) is 35.2 Å². The van der Waals surface area contributed by atoms with Crippen molar-refractivity contribution in [2.45, 2.75) is 32.1 Å². The lowest BCUT2D eigenvalue weighted by Crippen LogP contribution is -2.03. The molecule has 1 aliphatic rings. The number of ether oxygens (including phenoxy) is 1. The number of phenols is 1. The van der Waals surface area contributed by atoms with Gasteiger partial charge in [0.25, 0.3) is 0 Å². The van der Waals surface area contributed by atoms with Crippen molar-refractivity contribution in [1.82, 2.24) is 0 Å². The summed E-state index contributed by atoms with van der Waals surface area (Å²) in [5.74, 6) is 1.20. The first-order chi connectivity index (χ1) is 8.61. The predicted octanol–water partition coefficient (Wildman–Crippen LogP) is 3.93. The number of hydrogen-bond donors (Lipinski definition) is 1. The average Bonchev–Trinajstić information content (AvgIpc) is 3.11. The highest BCUT2D eigenvalue weighted by Gasteiger charge is 2.22. The van der Waals surface area contributed by atoms with E-state index in [-0.39, 0.29) is 11.5 Å². The minimum absolute atomic E-state index is 0.0161. The van der Waals surface area contributed by atoms with E-state index in [0.29, 0.717) is 22.2 Å². The average molecular weight is 313 g/mol. The summed E-state index contributed by atoms with van der Waals surface area (Å²) in [6, 6.07) is 3.23. The summed E-state index contributed by atoms with van der Waals surface area (Å²) in [6.45, 7) is 0. The lowest BCUT2D eigenvalue weighted by molar-refractivity contribution is 0.0973. The Hall–Kier alpha value is -1.03. The third kappa shape index (κ3) is 3.25. The maximum absolute atomic E-state index is 12.1. The van der Waals surface area contributed by atoms with Gasteiger partial charge >= 0.3 is 0 Å². The van der Waals surface area contributed by atoms with Crippen LogP contribution in [-0.4, -0.2) is 18.0 Å². The molecule has 0 radical (unpaired) electrons. The van der Waals surface area contributed by atoms with Gasteiger partial charge in [0.2, 0.25) is 0 Å². The number of halogens is 1. The van der Waals surface area contributed by atoms with Gasteiger partial charge in [0.15, 0.2) is 5.78 Å². The highest BCUT2D eigenvalue weighted by molar-refractivity contribution is 9.10. The van der Waals surface area contributed by atoms with Gasteiger partial charge in [0.05, 0.1) is 7.11 Å². The standard InChI is InChI=1S/C14H17BrO3/c1-18-13-8-10(15)7-12(17)14(13)11(16)4-2-3-9-5-6-9/h7-9,17H,2-6H2,1H3. The minimum atomic E-state index is -0.0440. The third-order valence-corrected chi connectivity index (χ3v) is 3.72. The molecule has 0 amide bonds. The second kappa shape index (κ2) is 5.74. The third-order valence-electron chi connectivity index (χ3n) is 3.26. The maximum atomic E-state index is 12.1. The van der Waals surface area contributed by atoms with Crippen LogP contribution in [0.15, 0.2) is 16.6 Å². The number of aromatic hydroxyl groups is 1. The molecule has 0 aliphatic heterocycles. The number of carbonyl (C=O) groups is 1. The zero-order valence-corrected chi connectivity index (χ0v) is 12.0. The first-order valence-electron chi connectivity index (χ1n) is 6.21. The SMILES string of the molecule is COc1cc(Br)cc(O)c1C(=O)CCCC1CC1. The highest BCUT2D eigenvalue weighted by Crippen LogP contribution is 2.36. The van der Waals surface area contributed by atoms with Crippen LogP contribution in [-0.2, 0) is 0 Å². The van der Waals surface area contributed by atoms with Crippen molar-refractivity contribution in [3.8, 4) is 11.5 Å². The van der Waals surface area contributed by atoms with E-state index in [1.54, 1.807) is 6.07 Å². The molecular formula is C14H17BrO3. The summed E-state index contributed by atoms with van der Waals surface area (Å²) in [7, 11) is 1.50. The molecule has 1 fully saturated rings. The maximum Gasteiger partial charge on any atom is 0.170 e. The summed E-state index contributed by atoms with van der Waals surface area (Å²) in [5, 5.41) is 9.86. The van der Waals surface area contributed by atoms with E-state index in [9.17, 15) is 9.90 Å². The number of Topliss-reactive ketones (excluding diaryl/α,β-unsaturated/α-hetero) is 1. The normalized spacial score (nSPS) is 14.6.